The summed E-state index contributed by atoms with van der Waals surface area (Å²) in [5, 5.41) is 0. The van der Waals surface area contributed by atoms with Gasteiger partial charge in [-0.1, -0.05) is 12.1 Å². The van der Waals surface area contributed by atoms with E-state index in [-0.39, 0.29) is 24.8 Å². The van der Waals surface area contributed by atoms with Gasteiger partial charge in [0.25, 0.3) is 5.91 Å². The number of aldehydes is 1. The first-order chi connectivity index (χ1) is 10.9. The van der Waals surface area contributed by atoms with E-state index in [1.807, 2.05) is 41.5 Å². The number of ether oxygens (including phenoxy) is 1. The Morgan fingerprint density at radius 1 is 1.04 bits per heavy atom. The molecule has 0 aromatic heterocycles. The highest BCUT2D eigenvalue weighted by atomic mass is 16.6. The van der Waals surface area contributed by atoms with Gasteiger partial charge in [0.1, 0.15) is 11.9 Å². The molecule has 0 aliphatic carbocycles. The molecule has 1 aromatic carbocycles. The number of amides is 1. The Labute approximate surface area is 144 Å². The molecule has 132 valence electrons. The molecule has 5 nitrogen and oxygen atoms in total. The fraction of sp³-hybridized carbons (Fsp3) is 0.526. The van der Waals surface area contributed by atoms with Gasteiger partial charge in [-0.05, 0) is 53.7 Å². The quantitative estimate of drug-likeness (QED) is 0.611. The monoisotopic (exact) mass is 333 g/mol. The predicted octanol–water partition coefficient (Wildman–Crippen LogP) is 3.47. The predicted molar refractivity (Wildman–Crippen MR) is 93.1 cm³/mol. The van der Waals surface area contributed by atoms with Gasteiger partial charge < -0.3 is 9.64 Å². The highest BCUT2D eigenvalue weighted by molar-refractivity contribution is 5.95. The maximum Gasteiger partial charge on any atom is 0.308 e. The van der Waals surface area contributed by atoms with Crippen LogP contribution in [0.2, 0.25) is 0 Å². The van der Waals surface area contributed by atoms with Crippen LogP contribution in [0.15, 0.2) is 24.3 Å². The van der Waals surface area contributed by atoms with Crippen LogP contribution in [-0.4, -0.2) is 40.7 Å². The van der Waals surface area contributed by atoms with Gasteiger partial charge in [0.2, 0.25) is 0 Å². The van der Waals surface area contributed by atoms with Gasteiger partial charge in [0, 0.05) is 23.2 Å². The minimum Gasteiger partial charge on any atom is -0.460 e. The number of carbonyl (C=O) groups excluding carboxylic acids is 3. The number of hydrogen-bond acceptors (Lipinski definition) is 4. The number of hydrogen-bond donors (Lipinski definition) is 0. The van der Waals surface area contributed by atoms with E-state index in [1.54, 1.807) is 29.2 Å². The van der Waals surface area contributed by atoms with Crippen LogP contribution in [0.1, 0.15) is 68.7 Å². The van der Waals surface area contributed by atoms with E-state index in [9.17, 15) is 14.4 Å². The summed E-state index contributed by atoms with van der Waals surface area (Å²) in [7, 11) is 0. The second-order valence-electron chi connectivity index (χ2n) is 7.70. The van der Waals surface area contributed by atoms with Crippen LogP contribution in [-0.2, 0) is 9.53 Å². The maximum atomic E-state index is 12.8. The molecule has 0 saturated heterocycles. The van der Waals surface area contributed by atoms with Crippen LogP contribution in [0.25, 0.3) is 0 Å². The topological polar surface area (TPSA) is 63.7 Å². The molecule has 0 radical (unpaired) electrons. The zero-order valence-corrected chi connectivity index (χ0v) is 15.4. The van der Waals surface area contributed by atoms with Crippen LogP contribution in [0.3, 0.4) is 0 Å². The SMILES string of the molecule is CC(C)(C)OC(=O)CCN(C(=O)c1ccc(C=O)cc1)C(C)(C)C. The van der Waals surface area contributed by atoms with E-state index in [0.29, 0.717) is 11.1 Å². The van der Waals surface area contributed by atoms with Crippen molar-refractivity contribution in [1.29, 1.82) is 0 Å². The van der Waals surface area contributed by atoms with Crippen LogP contribution >= 0.6 is 0 Å². The molecule has 1 aromatic rings. The van der Waals surface area contributed by atoms with Gasteiger partial charge in [-0.2, -0.15) is 0 Å². The standard InChI is InChI=1S/C19H27NO4/c1-18(2,3)20(12-11-16(22)24-19(4,5)6)17(23)15-9-7-14(13-21)8-10-15/h7-10,13H,11-12H2,1-6H3. The Morgan fingerprint density at radius 2 is 1.58 bits per heavy atom. The molecular formula is C19H27NO4. The second-order valence-corrected chi connectivity index (χ2v) is 7.70. The van der Waals surface area contributed by atoms with Crippen LogP contribution in [0.5, 0.6) is 0 Å². The number of esters is 1. The lowest BCUT2D eigenvalue weighted by Crippen LogP contribution is -2.46. The fourth-order valence-electron chi connectivity index (χ4n) is 2.20. The molecule has 1 rings (SSSR count). The minimum absolute atomic E-state index is 0.132. The van der Waals surface area contributed by atoms with E-state index in [2.05, 4.69) is 0 Å². The molecule has 0 spiro atoms. The normalized spacial score (nSPS) is 11.8. The lowest BCUT2D eigenvalue weighted by molar-refractivity contribution is -0.155. The average molecular weight is 333 g/mol. The molecule has 0 saturated carbocycles. The van der Waals surface area contributed by atoms with Gasteiger partial charge in [-0.25, -0.2) is 0 Å². The largest absolute Gasteiger partial charge is 0.460 e. The van der Waals surface area contributed by atoms with Gasteiger partial charge in [-0.3, -0.25) is 14.4 Å². The van der Waals surface area contributed by atoms with Gasteiger partial charge in [0.15, 0.2) is 0 Å². The van der Waals surface area contributed by atoms with E-state index < -0.39 is 11.1 Å². The molecule has 0 heterocycles. The van der Waals surface area contributed by atoms with E-state index in [1.165, 1.54) is 0 Å². The van der Waals surface area contributed by atoms with E-state index >= 15 is 0 Å². The number of benzene rings is 1. The third-order valence-electron chi connectivity index (χ3n) is 3.31. The van der Waals surface area contributed by atoms with E-state index in [4.69, 9.17) is 4.74 Å². The van der Waals surface area contributed by atoms with Gasteiger partial charge >= 0.3 is 5.97 Å². The lowest BCUT2D eigenvalue weighted by Gasteiger charge is -2.36. The van der Waals surface area contributed by atoms with Crippen molar-refractivity contribution in [2.75, 3.05) is 6.54 Å². The second kappa shape index (κ2) is 7.60. The zero-order chi connectivity index (χ0) is 18.5. The maximum absolute atomic E-state index is 12.8. The van der Waals surface area contributed by atoms with Crippen molar-refractivity contribution in [3.8, 4) is 0 Å². The van der Waals surface area contributed by atoms with Crippen molar-refractivity contribution >= 4 is 18.2 Å². The smallest absolute Gasteiger partial charge is 0.308 e. The van der Waals surface area contributed by atoms with Crippen molar-refractivity contribution in [3.63, 3.8) is 0 Å². The van der Waals surface area contributed by atoms with Crippen molar-refractivity contribution < 1.29 is 19.1 Å². The summed E-state index contributed by atoms with van der Waals surface area (Å²) in [4.78, 5) is 37.1. The number of rotatable bonds is 5. The molecule has 0 bridgehead atoms. The molecule has 0 aliphatic heterocycles. The first-order valence-corrected chi connectivity index (χ1v) is 8.03. The minimum atomic E-state index is -0.543. The molecule has 1 amide bonds. The average Bonchev–Trinajstić information content (AvgIpc) is 2.44. The highest BCUT2D eigenvalue weighted by Crippen LogP contribution is 2.19. The van der Waals surface area contributed by atoms with Crippen LogP contribution < -0.4 is 0 Å². The highest BCUT2D eigenvalue weighted by Gasteiger charge is 2.28. The Hall–Kier alpha value is -2.17. The molecule has 0 fully saturated rings. The third-order valence-corrected chi connectivity index (χ3v) is 3.31. The summed E-state index contributed by atoms with van der Waals surface area (Å²) >= 11 is 0. The summed E-state index contributed by atoms with van der Waals surface area (Å²) in [5.74, 6) is -0.510. The summed E-state index contributed by atoms with van der Waals surface area (Å²) < 4.78 is 5.30. The fourth-order valence-corrected chi connectivity index (χ4v) is 2.20. The first kappa shape index (κ1) is 19.9. The third kappa shape index (κ3) is 6.14. The molecule has 0 unspecified atom stereocenters. The van der Waals surface area contributed by atoms with Crippen molar-refractivity contribution in [1.82, 2.24) is 4.90 Å². The molecule has 0 aliphatic rings. The summed E-state index contributed by atoms with van der Waals surface area (Å²) in [6.07, 6.45) is 0.866. The van der Waals surface area contributed by atoms with Gasteiger partial charge in [-0.15, -0.1) is 0 Å². The Morgan fingerprint density at radius 3 is 2.00 bits per heavy atom. The first-order valence-electron chi connectivity index (χ1n) is 8.03. The van der Waals surface area contributed by atoms with Crippen LogP contribution in [0, 0.1) is 0 Å². The van der Waals surface area contributed by atoms with E-state index in [0.717, 1.165) is 6.29 Å². The molecular weight excluding hydrogens is 306 g/mol. The summed E-state index contributed by atoms with van der Waals surface area (Å²) in [5.41, 5.74) is 0.0168. The summed E-state index contributed by atoms with van der Waals surface area (Å²) in [6.45, 7) is 11.5. The van der Waals surface area contributed by atoms with Crippen molar-refractivity contribution in [2.24, 2.45) is 0 Å². The van der Waals surface area contributed by atoms with Crippen molar-refractivity contribution in [3.05, 3.63) is 35.4 Å². The van der Waals surface area contributed by atoms with Crippen LogP contribution in [0.4, 0.5) is 0 Å². The number of carbonyl (C=O) groups is 3. The molecule has 24 heavy (non-hydrogen) atoms. The molecule has 5 heteroatoms. The zero-order valence-electron chi connectivity index (χ0n) is 15.4. The Bertz CT molecular complexity index is 591. The van der Waals surface area contributed by atoms with Gasteiger partial charge in [0.05, 0.1) is 6.42 Å². The molecule has 0 N–H and O–H groups in total. The lowest BCUT2D eigenvalue weighted by atomic mass is 10.0. The Balaban J connectivity index is 2.87. The molecule has 0 atom stereocenters. The Kier molecular flexibility index (Phi) is 6.29. The summed E-state index contributed by atoms with van der Waals surface area (Å²) in [6, 6.07) is 6.46. The van der Waals surface area contributed by atoms with Crippen molar-refractivity contribution in [2.45, 2.75) is 59.1 Å². The number of nitrogens with zero attached hydrogens (tertiary/aromatic N) is 1.